The van der Waals surface area contributed by atoms with Crippen molar-refractivity contribution in [1.29, 1.82) is 0 Å². The van der Waals surface area contributed by atoms with Gasteiger partial charge in [-0.25, -0.2) is 0 Å². The molecule has 0 unspecified atom stereocenters. The molecular weight excluding hydrogens is 662 g/mol. The van der Waals surface area contributed by atoms with Crippen LogP contribution >= 0.6 is 67.9 Å². The van der Waals surface area contributed by atoms with E-state index in [-0.39, 0.29) is 0 Å². The molecule has 0 fully saturated rings. The van der Waals surface area contributed by atoms with Crippen LogP contribution < -0.4 is 9.00 Å². The Morgan fingerprint density at radius 2 is 0.867 bits per heavy atom. The zero-order valence-corrected chi connectivity index (χ0v) is 26.0. The Balaban J connectivity index is 1.80. The maximum absolute atomic E-state index is 2.58. The van der Waals surface area contributed by atoms with Crippen LogP contribution in [0.2, 0.25) is 39.3 Å². The summed E-state index contributed by atoms with van der Waals surface area (Å²) in [4.78, 5) is 0. The van der Waals surface area contributed by atoms with Gasteiger partial charge in [-0.2, -0.15) is 0 Å². The van der Waals surface area contributed by atoms with Crippen molar-refractivity contribution in [3.8, 4) is 0 Å². The molecule has 2 heterocycles. The highest BCUT2D eigenvalue weighted by Crippen LogP contribution is 2.36. The Morgan fingerprint density at radius 3 is 1.20 bits per heavy atom. The molecule has 0 aliphatic heterocycles. The van der Waals surface area contributed by atoms with Crippen molar-refractivity contribution >= 4 is 135 Å². The molecule has 0 aliphatic rings. The van der Waals surface area contributed by atoms with E-state index in [1.54, 1.807) is 9.00 Å². The van der Waals surface area contributed by atoms with Gasteiger partial charge in [0.2, 0.25) is 0 Å². The second kappa shape index (κ2) is 7.25. The summed E-state index contributed by atoms with van der Waals surface area (Å²) in [6, 6.07) is 14.5. The molecule has 154 valence electrons. The minimum Gasteiger partial charge on any atom is -0.144 e. The molecular formula is C24H24I2S2Si2. The summed E-state index contributed by atoms with van der Waals surface area (Å²) in [6.07, 6.45) is 0. The van der Waals surface area contributed by atoms with Crippen molar-refractivity contribution < 1.29 is 0 Å². The molecule has 0 aliphatic carbocycles. The average Bonchev–Trinajstić information content (AvgIpc) is 3.13. The molecule has 0 saturated heterocycles. The molecule has 0 nitrogen and oxygen atoms in total. The number of rotatable bonds is 2. The smallest absolute Gasteiger partial charge is 0.0918 e. The highest BCUT2D eigenvalue weighted by atomic mass is 127. The van der Waals surface area contributed by atoms with Gasteiger partial charge in [-0.15, -0.1) is 22.7 Å². The lowest BCUT2D eigenvalue weighted by molar-refractivity contribution is 1.77. The maximum atomic E-state index is 2.58. The molecule has 0 amide bonds. The number of hydrogen-bond donors (Lipinski definition) is 0. The van der Waals surface area contributed by atoms with E-state index in [1.165, 1.54) is 48.9 Å². The van der Waals surface area contributed by atoms with Crippen LogP contribution in [0.4, 0.5) is 0 Å². The van der Waals surface area contributed by atoms with Crippen LogP contribution in [0, 0.1) is 7.14 Å². The van der Waals surface area contributed by atoms with Crippen LogP contribution in [0.25, 0.3) is 41.7 Å². The summed E-state index contributed by atoms with van der Waals surface area (Å²) in [5, 5.41) is 8.34. The Labute approximate surface area is 215 Å². The van der Waals surface area contributed by atoms with E-state index in [1.807, 2.05) is 22.7 Å². The second-order valence-electron chi connectivity index (χ2n) is 10.2. The van der Waals surface area contributed by atoms with Gasteiger partial charge in [-0.05, 0) is 103 Å². The lowest BCUT2D eigenvalue weighted by Gasteiger charge is -2.13. The summed E-state index contributed by atoms with van der Waals surface area (Å²) in [6.45, 7) is 14.7. The Bertz CT molecular complexity index is 1370. The first kappa shape index (κ1) is 21.8. The molecule has 0 N–H and O–H groups in total. The first-order chi connectivity index (χ1) is 13.9. The van der Waals surface area contributed by atoms with Gasteiger partial charge >= 0.3 is 0 Å². The zero-order valence-electron chi connectivity index (χ0n) is 18.0. The highest BCUT2D eigenvalue weighted by molar-refractivity contribution is 14.1. The number of thiophene rings is 2. The van der Waals surface area contributed by atoms with Crippen LogP contribution in [0.1, 0.15) is 0 Å². The molecule has 0 radical (unpaired) electrons. The van der Waals surface area contributed by atoms with Gasteiger partial charge in [0.15, 0.2) is 0 Å². The number of fused-ring (bicyclic) bond motifs is 4. The quantitative estimate of drug-likeness (QED) is 0.0991. The fraction of sp³-hybridized carbons (Fsp3) is 0.250. The SMILES string of the molecule is C[Si](C)(C)c1sc2cc3cc4cc5c(I)c([Si](C)(C)C)sc5cc4cc3cc2c1I. The molecule has 3 aromatic carbocycles. The van der Waals surface area contributed by atoms with Crippen LogP contribution in [-0.4, -0.2) is 16.1 Å². The van der Waals surface area contributed by atoms with E-state index in [4.69, 9.17) is 0 Å². The standard InChI is InChI=1S/C24H24I2S2Si2/c1-29(2,3)23-21(25)17-9-13-7-16-12-20-18(22(26)24(28-20)30(4,5)6)10-14(16)8-15(13)11-19(17)27-23/h7-12H,1-6H3. The molecule has 6 heteroatoms. The van der Waals surface area contributed by atoms with E-state index in [0.29, 0.717) is 0 Å². The third-order valence-electron chi connectivity index (χ3n) is 5.65. The third-order valence-corrected chi connectivity index (χ3v) is 19.1. The Hall–Kier alpha value is -0.00623. The number of halogens is 2. The van der Waals surface area contributed by atoms with Crippen molar-refractivity contribution in [2.24, 2.45) is 0 Å². The molecule has 0 atom stereocenters. The molecule has 5 rings (SSSR count). The zero-order chi connectivity index (χ0) is 21.6. The highest BCUT2D eigenvalue weighted by Gasteiger charge is 2.25. The van der Waals surface area contributed by atoms with Gasteiger partial charge in [-0.3, -0.25) is 0 Å². The average molecular weight is 687 g/mol. The first-order valence-electron chi connectivity index (χ1n) is 10.2. The number of hydrogen-bond acceptors (Lipinski definition) is 2. The molecule has 0 spiro atoms. The van der Waals surface area contributed by atoms with Gasteiger partial charge in [0.25, 0.3) is 0 Å². The predicted molar refractivity (Wildman–Crippen MR) is 164 cm³/mol. The largest absolute Gasteiger partial charge is 0.144 e. The summed E-state index contributed by atoms with van der Waals surface area (Å²) in [5.41, 5.74) is 0. The fourth-order valence-corrected chi connectivity index (χ4v) is 17.3. The van der Waals surface area contributed by atoms with Crippen LogP contribution in [0.15, 0.2) is 36.4 Å². The lowest BCUT2D eigenvalue weighted by atomic mass is 10.0. The monoisotopic (exact) mass is 686 g/mol. The van der Waals surface area contributed by atoms with Gasteiger partial charge in [0.05, 0.1) is 16.1 Å². The maximum Gasteiger partial charge on any atom is 0.0918 e. The normalized spacial score (nSPS) is 13.3. The van der Waals surface area contributed by atoms with Crippen LogP contribution in [-0.2, 0) is 0 Å². The van der Waals surface area contributed by atoms with Gasteiger partial charge in [0, 0.05) is 36.3 Å². The summed E-state index contributed by atoms with van der Waals surface area (Å²) in [7, 11) is -2.64. The minimum absolute atomic E-state index is 1.32. The fourth-order valence-electron chi connectivity index (χ4n) is 4.09. The first-order valence-corrected chi connectivity index (χ1v) is 20.9. The van der Waals surface area contributed by atoms with Gasteiger partial charge in [0.1, 0.15) is 0 Å². The lowest BCUT2D eigenvalue weighted by Crippen LogP contribution is -2.36. The topological polar surface area (TPSA) is 0 Å². The molecule has 0 saturated carbocycles. The molecule has 5 aromatic rings. The third kappa shape index (κ3) is 3.53. The van der Waals surface area contributed by atoms with Crippen molar-refractivity contribution in [3.63, 3.8) is 0 Å². The van der Waals surface area contributed by atoms with E-state index < -0.39 is 16.1 Å². The molecule has 30 heavy (non-hydrogen) atoms. The van der Waals surface area contributed by atoms with Crippen LogP contribution in [0.3, 0.4) is 0 Å². The van der Waals surface area contributed by atoms with E-state index >= 15 is 0 Å². The molecule has 2 aromatic heterocycles. The minimum atomic E-state index is -1.32. The summed E-state index contributed by atoms with van der Waals surface area (Å²) >= 11 is 9.21. The Kier molecular flexibility index (Phi) is 5.27. The van der Waals surface area contributed by atoms with Crippen LogP contribution in [0.5, 0.6) is 0 Å². The van der Waals surface area contributed by atoms with Crippen molar-refractivity contribution in [2.45, 2.75) is 39.3 Å². The van der Waals surface area contributed by atoms with Crippen molar-refractivity contribution in [3.05, 3.63) is 43.5 Å². The van der Waals surface area contributed by atoms with Crippen molar-refractivity contribution in [1.82, 2.24) is 0 Å². The van der Waals surface area contributed by atoms with Gasteiger partial charge in [-0.1, -0.05) is 39.3 Å². The van der Waals surface area contributed by atoms with Crippen molar-refractivity contribution in [2.75, 3.05) is 0 Å². The molecule has 0 bridgehead atoms. The van der Waals surface area contributed by atoms with E-state index in [0.717, 1.165) is 0 Å². The summed E-state index contributed by atoms with van der Waals surface area (Å²) in [5.74, 6) is 0. The number of benzene rings is 3. The van der Waals surface area contributed by atoms with E-state index in [2.05, 4.69) is 121 Å². The Morgan fingerprint density at radius 1 is 0.533 bits per heavy atom. The van der Waals surface area contributed by atoms with E-state index in [9.17, 15) is 0 Å². The second-order valence-corrected chi connectivity index (χ2v) is 25.2. The van der Waals surface area contributed by atoms with Gasteiger partial charge < -0.3 is 0 Å². The summed E-state index contributed by atoms with van der Waals surface area (Å²) < 4.78 is 9.11. The predicted octanol–water partition coefficient (Wildman–Crippen LogP) is 8.72.